The Hall–Kier alpha value is -1.73. The van der Waals surface area contributed by atoms with Gasteiger partial charge in [-0.1, -0.05) is 18.2 Å². The number of ether oxygens (including phenoxy) is 1. The minimum Gasteiger partial charge on any atom is -0.480 e. The minimum atomic E-state index is -2.83. The van der Waals surface area contributed by atoms with Crippen LogP contribution >= 0.6 is 0 Å². The van der Waals surface area contributed by atoms with Crippen molar-refractivity contribution in [1.82, 2.24) is 9.80 Å². The zero-order valence-corrected chi connectivity index (χ0v) is 13.8. The van der Waals surface area contributed by atoms with E-state index >= 15 is 0 Å². The van der Waals surface area contributed by atoms with Gasteiger partial charge in [0.1, 0.15) is 5.75 Å². The molecule has 1 saturated heterocycles. The van der Waals surface area contributed by atoms with Crippen LogP contribution in [-0.2, 0) is 11.3 Å². The Morgan fingerprint density at radius 3 is 2.83 bits per heavy atom. The van der Waals surface area contributed by atoms with Crippen LogP contribution in [0.25, 0.3) is 0 Å². The number of hydrogen-bond donors (Lipinski definition) is 1. The van der Waals surface area contributed by atoms with Crippen LogP contribution < -0.4 is 4.74 Å². The molecule has 1 aliphatic heterocycles. The maximum atomic E-state index is 12.5. The molecule has 0 aliphatic carbocycles. The van der Waals surface area contributed by atoms with Gasteiger partial charge in [-0.3, -0.25) is 14.6 Å². The minimum absolute atomic E-state index is 0.0374. The average Bonchev–Trinajstić information content (AvgIpc) is 2.74. The van der Waals surface area contributed by atoms with Crippen LogP contribution in [0.5, 0.6) is 5.75 Å². The van der Waals surface area contributed by atoms with E-state index in [1.807, 2.05) is 18.0 Å². The number of carbonyl (C=O) groups is 1. The van der Waals surface area contributed by atoms with Gasteiger partial charge in [0.05, 0.1) is 6.54 Å². The molecule has 1 aromatic rings. The lowest BCUT2D eigenvalue weighted by atomic mass is 10.1. The first-order valence-electron chi connectivity index (χ1n) is 8.13. The molecule has 0 saturated carbocycles. The first kappa shape index (κ1) is 18.6. The van der Waals surface area contributed by atoms with E-state index in [4.69, 9.17) is 5.11 Å². The Labute approximate surface area is 140 Å². The number of rotatable bonds is 7. The van der Waals surface area contributed by atoms with Crippen molar-refractivity contribution in [3.05, 3.63) is 29.8 Å². The predicted molar refractivity (Wildman–Crippen MR) is 86.3 cm³/mol. The molecule has 1 fully saturated rings. The SMILES string of the molecule is CN(CC(=O)O)C1CCCN(Cc2ccccc2OC(F)F)CC1. The summed E-state index contributed by atoms with van der Waals surface area (Å²) >= 11 is 0. The summed E-state index contributed by atoms with van der Waals surface area (Å²) in [5.74, 6) is -0.604. The second-order valence-electron chi connectivity index (χ2n) is 6.16. The summed E-state index contributed by atoms with van der Waals surface area (Å²) in [6.07, 6.45) is 2.75. The number of para-hydroxylation sites is 1. The summed E-state index contributed by atoms with van der Waals surface area (Å²) in [6.45, 7) is -0.573. The van der Waals surface area contributed by atoms with E-state index in [1.165, 1.54) is 0 Å². The van der Waals surface area contributed by atoms with Crippen molar-refractivity contribution in [3.8, 4) is 5.75 Å². The normalized spacial score (nSPS) is 19.5. The molecule has 1 atom stereocenters. The highest BCUT2D eigenvalue weighted by molar-refractivity contribution is 5.69. The second kappa shape index (κ2) is 8.94. The Balaban J connectivity index is 1.94. The van der Waals surface area contributed by atoms with Crippen molar-refractivity contribution in [2.45, 2.75) is 38.5 Å². The quantitative estimate of drug-likeness (QED) is 0.826. The summed E-state index contributed by atoms with van der Waals surface area (Å²) in [7, 11) is 1.83. The average molecular weight is 342 g/mol. The van der Waals surface area contributed by atoms with Gasteiger partial charge in [-0.25, -0.2) is 0 Å². The van der Waals surface area contributed by atoms with Crippen molar-refractivity contribution in [2.24, 2.45) is 0 Å². The molecule has 0 bridgehead atoms. The van der Waals surface area contributed by atoms with Gasteiger partial charge in [0.2, 0.25) is 0 Å². The summed E-state index contributed by atoms with van der Waals surface area (Å²) in [5, 5.41) is 8.91. The van der Waals surface area contributed by atoms with Crippen LogP contribution in [0.4, 0.5) is 8.78 Å². The number of likely N-dealkylation sites (tertiary alicyclic amines) is 1. The molecular formula is C17H24F2N2O3. The van der Waals surface area contributed by atoms with Crippen LogP contribution in [0.15, 0.2) is 24.3 Å². The van der Waals surface area contributed by atoms with Gasteiger partial charge in [-0.05, 0) is 45.5 Å². The molecule has 0 aromatic heterocycles. The van der Waals surface area contributed by atoms with Crippen LogP contribution in [-0.4, -0.2) is 60.2 Å². The molecule has 5 nitrogen and oxygen atoms in total. The molecule has 1 heterocycles. The first-order chi connectivity index (χ1) is 11.5. The summed E-state index contributed by atoms with van der Waals surface area (Å²) in [4.78, 5) is 14.9. The third kappa shape index (κ3) is 5.72. The number of hydrogen-bond acceptors (Lipinski definition) is 4. The Morgan fingerprint density at radius 2 is 2.12 bits per heavy atom. The fourth-order valence-electron chi connectivity index (χ4n) is 3.17. The van der Waals surface area contributed by atoms with E-state index in [9.17, 15) is 13.6 Å². The fourth-order valence-corrected chi connectivity index (χ4v) is 3.17. The second-order valence-corrected chi connectivity index (χ2v) is 6.16. The number of carboxylic acid groups (broad SMARTS) is 1. The third-order valence-electron chi connectivity index (χ3n) is 4.38. The van der Waals surface area contributed by atoms with E-state index in [1.54, 1.807) is 18.2 Å². The Bertz CT molecular complexity index is 542. The number of aliphatic carboxylic acids is 1. The number of benzene rings is 1. The number of nitrogens with zero attached hydrogens (tertiary/aromatic N) is 2. The highest BCUT2D eigenvalue weighted by atomic mass is 19.3. The van der Waals surface area contributed by atoms with Crippen molar-refractivity contribution >= 4 is 5.97 Å². The van der Waals surface area contributed by atoms with Crippen LogP contribution in [0.3, 0.4) is 0 Å². The van der Waals surface area contributed by atoms with Gasteiger partial charge in [-0.2, -0.15) is 8.78 Å². The summed E-state index contributed by atoms with van der Waals surface area (Å²) in [5.41, 5.74) is 0.746. The van der Waals surface area contributed by atoms with Crippen LogP contribution in [0.1, 0.15) is 24.8 Å². The van der Waals surface area contributed by atoms with E-state index in [-0.39, 0.29) is 18.3 Å². The largest absolute Gasteiger partial charge is 0.480 e. The first-order valence-corrected chi connectivity index (χ1v) is 8.13. The zero-order chi connectivity index (χ0) is 17.5. The van der Waals surface area contributed by atoms with Gasteiger partial charge in [-0.15, -0.1) is 0 Å². The van der Waals surface area contributed by atoms with Gasteiger partial charge in [0, 0.05) is 18.2 Å². The van der Waals surface area contributed by atoms with Gasteiger partial charge >= 0.3 is 12.6 Å². The van der Waals surface area contributed by atoms with Crippen molar-refractivity contribution in [1.29, 1.82) is 0 Å². The highest BCUT2D eigenvalue weighted by Crippen LogP contribution is 2.24. The lowest BCUT2D eigenvalue weighted by molar-refractivity contribution is -0.138. The molecule has 0 radical (unpaired) electrons. The van der Waals surface area contributed by atoms with E-state index < -0.39 is 12.6 Å². The van der Waals surface area contributed by atoms with Crippen molar-refractivity contribution < 1.29 is 23.4 Å². The maximum absolute atomic E-state index is 12.5. The summed E-state index contributed by atoms with van der Waals surface area (Å²) in [6, 6.07) is 7.09. The molecule has 1 aromatic carbocycles. The van der Waals surface area contributed by atoms with Gasteiger partial charge in [0.15, 0.2) is 0 Å². The van der Waals surface area contributed by atoms with Crippen LogP contribution in [0, 0.1) is 0 Å². The molecule has 24 heavy (non-hydrogen) atoms. The third-order valence-corrected chi connectivity index (χ3v) is 4.38. The fraction of sp³-hybridized carbons (Fsp3) is 0.588. The van der Waals surface area contributed by atoms with Crippen LogP contribution in [0.2, 0.25) is 0 Å². The number of likely N-dealkylation sites (N-methyl/N-ethyl adjacent to an activating group) is 1. The van der Waals surface area contributed by atoms with E-state index in [0.717, 1.165) is 37.9 Å². The Kier molecular flexibility index (Phi) is 6.93. The molecule has 7 heteroatoms. The Morgan fingerprint density at radius 1 is 1.38 bits per heavy atom. The van der Waals surface area contributed by atoms with Gasteiger partial charge < -0.3 is 9.84 Å². The monoisotopic (exact) mass is 342 g/mol. The lowest BCUT2D eigenvalue weighted by Gasteiger charge is -2.26. The molecule has 0 amide bonds. The molecule has 1 aliphatic rings. The molecule has 2 rings (SSSR count). The van der Waals surface area contributed by atoms with E-state index in [2.05, 4.69) is 9.64 Å². The standard InChI is InChI=1S/C17H24F2N2O3/c1-20(12-16(22)23)14-6-4-9-21(10-8-14)11-13-5-2-3-7-15(13)24-17(18)19/h2-3,5,7,14,17H,4,6,8-12H2,1H3,(H,22,23). The zero-order valence-electron chi connectivity index (χ0n) is 13.8. The van der Waals surface area contributed by atoms with Gasteiger partial charge in [0.25, 0.3) is 0 Å². The number of alkyl halides is 2. The molecule has 1 N–H and O–H groups in total. The number of carboxylic acids is 1. The maximum Gasteiger partial charge on any atom is 0.387 e. The molecule has 134 valence electrons. The molecule has 1 unspecified atom stereocenters. The molecular weight excluding hydrogens is 318 g/mol. The number of halogens is 2. The highest BCUT2D eigenvalue weighted by Gasteiger charge is 2.22. The van der Waals surface area contributed by atoms with Crippen molar-refractivity contribution in [2.75, 3.05) is 26.7 Å². The smallest absolute Gasteiger partial charge is 0.387 e. The topological polar surface area (TPSA) is 53.0 Å². The lowest BCUT2D eigenvalue weighted by Crippen LogP contribution is -2.36. The van der Waals surface area contributed by atoms with Crippen molar-refractivity contribution in [3.63, 3.8) is 0 Å². The summed E-state index contributed by atoms with van der Waals surface area (Å²) < 4.78 is 29.6. The van der Waals surface area contributed by atoms with E-state index in [0.29, 0.717) is 6.54 Å². The predicted octanol–water partition coefficient (Wildman–Crippen LogP) is 2.66. The molecule has 0 spiro atoms.